The Labute approximate surface area is 82.3 Å². The van der Waals surface area contributed by atoms with E-state index < -0.39 is 12.4 Å². The lowest BCUT2D eigenvalue weighted by Crippen LogP contribution is -2.34. The fraction of sp³-hybridized carbons (Fsp3) is 0.556. The van der Waals surface area contributed by atoms with Gasteiger partial charge in [0.2, 0.25) is 6.23 Å². The minimum Gasteiger partial charge on any atom is -0.438 e. The van der Waals surface area contributed by atoms with Gasteiger partial charge >= 0.3 is 6.16 Å². The molecule has 5 nitrogen and oxygen atoms in total. The number of carbonyl (C=O) groups is 2. The minimum absolute atomic E-state index is 0.110. The van der Waals surface area contributed by atoms with Crippen LogP contribution in [0.15, 0.2) is 11.6 Å². The molecule has 14 heavy (non-hydrogen) atoms. The van der Waals surface area contributed by atoms with Crippen molar-refractivity contribution in [1.82, 2.24) is 4.90 Å². The molecule has 1 aliphatic heterocycles. The number of rotatable bonds is 2. The van der Waals surface area contributed by atoms with Crippen molar-refractivity contribution in [3.63, 3.8) is 0 Å². The van der Waals surface area contributed by atoms with E-state index in [9.17, 15) is 9.59 Å². The van der Waals surface area contributed by atoms with Gasteiger partial charge in [0, 0.05) is 12.6 Å². The fourth-order valence-corrected chi connectivity index (χ4v) is 1.23. The van der Waals surface area contributed by atoms with E-state index in [4.69, 9.17) is 4.74 Å². The highest BCUT2D eigenvalue weighted by Gasteiger charge is 2.30. The molecule has 1 rings (SSSR count). The van der Waals surface area contributed by atoms with E-state index in [0.717, 1.165) is 0 Å². The smallest absolute Gasteiger partial charge is 0.438 e. The van der Waals surface area contributed by atoms with Gasteiger partial charge in [-0.25, -0.2) is 4.79 Å². The molecule has 1 amide bonds. The third-order valence-electron chi connectivity index (χ3n) is 2.09. The van der Waals surface area contributed by atoms with Crippen molar-refractivity contribution in [2.24, 2.45) is 0 Å². The molecule has 1 atom stereocenters. The maximum Gasteiger partial charge on any atom is 0.510 e. The van der Waals surface area contributed by atoms with Gasteiger partial charge in [-0.2, -0.15) is 0 Å². The Kier molecular flexibility index (Phi) is 3.11. The van der Waals surface area contributed by atoms with Crippen LogP contribution in [0.2, 0.25) is 0 Å². The summed E-state index contributed by atoms with van der Waals surface area (Å²) in [6.07, 6.45) is 0.830. The molecule has 1 heterocycles. The maximum absolute atomic E-state index is 11.4. The maximum atomic E-state index is 11.4. The average molecular weight is 199 g/mol. The van der Waals surface area contributed by atoms with E-state index in [1.54, 1.807) is 13.1 Å². The molecule has 0 bridgehead atoms. The van der Waals surface area contributed by atoms with E-state index in [2.05, 4.69) is 4.74 Å². The zero-order valence-corrected chi connectivity index (χ0v) is 8.44. The molecule has 0 N–H and O–H groups in total. The first-order valence-electron chi connectivity index (χ1n) is 4.32. The van der Waals surface area contributed by atoms with E-state index >= 15 is 0 Å². The molecule has 5 heteroatoms. The average Bonchev–Trinajstić information content (AvgIpc) is 2.45. The number of methoxy groups -OCH3 is 1. The number of hydrogen-bond donors (Lipinski definition) is 0. The first-order valence-corrected chi connectivity index (χ1v) is 4.32. The van der Waals surface area contributed by atoms with Crippen LogP contribution in [0.25, 0.3) is 0 Å². The number of likely N-dealkylation sites (N-methyl/N-ethyl adjacent to an activating group) is 1. The molecule has 0 aromatic heterocycles. The monoisotopic (exact) mass is 199 g/mol. The molecule has 0 fully saturated rings. The molecule has 78 valence electrons. The summed E-state index contributed by atoms with van der Waals surface area (Å²) >= 11 is 0. The van der Waals surface area contributed by atoms with Crippen LogP contribution in [-0.4, -0.2) is 37.3 Å². The first-order chi connectivity index (χ1) is 6.60. The molecule has 0 spiro atoms. The Morgan fingerprint density at radius 2 is 2.29 bits per heavy atom. The SMILES string of the molecule is CCC1=CC(OC(=O)OC)N(C)C1=O. The summed E-state index contributed by atoms with van der Waals surface area (Å²) in [5, 5.41) is 0. The van der Waals surface area contributed by atoms with Gasteiger partial charge in [-0.1, -0.05) is 6.92 Å². The third-order valence-corrected chi connectivity index (χ3v) is 2.09. The zero-order chi connectivity index (χ0) is 10.7. The van der Waals surface area contributed by atoms with Crippen LogP contribution in [0.3, 0.4) is 0 Å². The van der Waals surface area contributed by atoms with Gasteiger partial charge in [-0.3, -0.25) is 4.79 Å². The Morgan fingerprint density at radius 1 is 1.64 bits per heavy atom. The Hall–Kier alpha value is -1.52. The van der Waals surface area contributed by atoms with Crippen molar-refractivity contribution in [2.75, 3.05) is 14.2 Å². The second-order valence-electron chi connectivity index (χ2n) is 2.92. The highest BCUT2D eigenvalue weighted by molar-refractivity contribution is 5.96. The van der Waals surface area contributed by atoms with Crippen molar-refractivity contribution < 1.29 is 19.1 Å². The summed E-state index contributed by atoms with van der Waals surface area (Å²) in [4.78, 5) is 23.6. The molecule has 1 aliphatic rings. The van der Waals surface area contributed by atoms with Crippen molar-refractivity contribution in [1.29, 1.82) is 0 Å². The van der Waals surface area contributed by atoms with Crippen molar-refractivity contribution in [2.45, 2.75) is 19.6 Å². The minimum atomic E-state index is -0.789. The summed E-state index contributed by atoms with van der Waals surface area (Å²) in [7, 11) is 2.80. The van der Waals surface area contributed by atoms with Crippen molar-refractivity contribution >= 4 is 12.1 Å². The molecule has 0 saturated heterocycles. The second kappa shape index (κ2) is 4.13. The van der Waals surface area contributed by atoms with Crippen molar-refractivity contribution in [3.05, 3.63) is 11.6 Å². The summed E-state index contributed by atoms with van der Waals surface area (Å²) < 4.78 is 9.18. The highest BCUT2D eigenvalue weighted by Crippen LogP contribution is 2.19. The summed E-state index contributed by atoms with van der Waals surface area (Å²) in [6.45, 7) is 1.87. The number of amides is 1. The Morgan fingerprint density at radius 3 is 2.71 bits per heavy atom. The van der Waals surface area contributed by atoms with E-state index in [1.165, 1.54) is 12.0 Å². The van der Waals surface area contributed by atoms with E-state index in [-0.39, 0.29) is 5.91 Å². The van der Waals surface area contributed by atoms with E-state index in [1.807, 2.05) is 6.92 Å². The van der Waals surface area contributed by atoms with Crippen molar-refractivity contribution in [3.8, 4) is 0 Å². The van der Waals surface area contributed by atoms with Crippen LogP contribution >= 0.6 is 0 Å². The predicted octanol–water partition coefficient (Wildman–Crippen LogP) is 0.904. The van der Waals surface area contributed by atoms with Gasteiger partial charge in [-0.15, -0.1) is 0 Å². The van der Waals surface area contributed by atoms with E-state index in [0.29, 0.717) is 12.0 Å². The van der Waals surface area contributed by atoms with Crippen LogP contribution in [0.1, 0.15) is 13.3 Å². The molecule has 0 aliphatic carbocycles. The molecule has 0 aromatic carbocycles. The molecule has 0 radical (unpaired) electrons. The summed E-state index contributed by atoms with van der Waals surface area (Å²) in [5.41, 5.74) is 0.654. The lowest BCUT2D eigenvalue weighted by molar-refractivity contribution is -0.130. The number of nitrogens with zero attached hydrogens (tertiary/aromatic N) is 1. The van der Waals surface area contributed by atoms with Gasteiger partial charge in [0.1, 0.15) is 0 Å². The largest absolute Gasteiger partial charge is 0.510 e. The number of carbonyl (C=O) groups excluding carboxylic acids is 2. The van der Waals surface area contributed by atoms with Gasteiger partial charge in [-0.05, 0) is 12.5 Å². The van der Waals surface area contributed by atoms with Crippen LogP contribution in [0.4, 0.5) is 4.79 Å². The number of hydrogen-bond acceptors (Lipinski definition) is 4. The standard InChI is InChI=1S/C9H13NO4/c1-4-6-5-7(10(2)8(6)11)14-9(12)13-3/h5,7H,4H2,1-3H3. The van der Waals surface area contributed by atoms with Crippen LogP contribution < -0.4 is 0 Å². The van der Waals surface area contributed by atoms with Gasteiger partial charge in [0.15, 0.2) is 0 Å². The number of ether oxygens (including phenoxy) is 2. The zero-order valence-electron chi connectivity index (χ0n) is 8.44. The third kappa shape index (κ3) is 1.86. The van der Waals surface area contributed by atoms with Crippen LogP contribution in [0.5, 0.6) is 0 Å². The van der Waals surface area contributed by atoms with Crippen LogP contribution in [-0.2, 0) is 14.3 Å². The summed E-state index contributed by atoms with van der Waals surface area (Å²) in [5.74, 6) is -0.110. The lowest BCUT2D eigenvalue weighted by Gasteiger charge is -2.18. The summed E-state index contributed by atoms with van der Waals surface area (Å²) in [6, 6.07) is 0. The van der Waals surface area contributed by atoms with Gasteiger partial charge in [0.05, 0.1) is 7.11 Å². The predicted molar refractivity (Wildman–Crippen MR) is 48.4 cm³/mol. The molecular weight excluding hydrogens is 186 g/mol. The first kappa shape index (κ1) is 10.6. The van der Waals surface area contributed by atoms with Gasteiger partial charge in [0.25, 0.3) is 5.91 Å². The van der Waals surface area contributed by atoms with Crippen LogP contribution in [0, 0.1) is 0 Å². The Bertz CT molecular complexity index is 285. The fourth-order valence-electron chi connectivity index (χ4n) is 1.23. The second-order valence-corrected chi connectivity index (χ2v) is 2.92. The molecule has 0 saturated carbocycles. The topological polar surface area (TPSA) is 55.8 Å². The molecule has 0 aromatic rings. The van der Waals surface area contributed by atoms with Gasteiger partial charge < -0.3 is 14.4 Å². The Balaban J connectivity index is 2.68. The molecule has 1 unspecified atom stereocenters. The molecular formula is C9H13NO4. The highest BCUT2D eigenvalue weighted by atomic mass is 16.7. The lowest BCUT2D eigenvalue weighted by atomic mass is 10.2. The quantitative estimate of drug-likeness (QED) is 0.620. The normalized spacial score (nSPS) is 20.8.